The minimum Gasteiger partial charge on any atom is -0.507 e. The van der Waals surface area contributed by atoms with Gasteiger partial charge >= 0.3 is 0 Å². The summed E-state index contributed by atoms with van der Waals surface area (Å²) in [6, 6.07) is 11.3. The maximum absolute atomic E-state index is 9.92. The molecule has 3 heterocycles. The van der Waals surface area contributed by atoms with Gasteiger partial charge < -0.3 is 15.4 Å². The van der Waals surface area contributed by atoms with Gasteiger partial charge in [0.05, 0.1) is 5.69 Å². The minimum absolute atomic E-state index is 0.224. The van der Waals surface area contributed by atoms with Gasteiger partial charge in [-0.1, -0.05) is 12.1 Å². The molecule has 5 heteroatoms. The first-order valence-electron chi connectivity index (χ1n) is 7.14. The first kappa shape index (κ1) is 12.3. The van der Waals surface area contributed by atoms with Crippen molar-refractivity contribution in [2.75, 3.05) is 13.1 Å². The Morgan fingerprint density at radius 3 is 2.76 bits per heavy atom. The number of aromatic nitrogens is 3. The van der Waals surface area contributed by atoms with Gasteiger partial charge in [0, 0.05) is 16.6 Å². The first-order chi connectivity index (χ1) is 10.3. The molecular weight excluding hydrogens is 264 g/mol. The zero-order chi connectivity index (χ0) is 14.2. The number of nitrogens with one attached hydrogen (secondary N) is 2. The summed E-state index contributed by atoms with van der Waals surface area (Å²) in [5.74, 6) is 0.936. The molecule has 0 amide bonds. The van der Waals surface area contributed by atoms with E-state index >= 15 is 0 Å². The maximum atomic E-state index is 9.92. The molecule has 21 heavy (non-hydrogen) atoms. The number of aromatic amines is 1. The Kier molecular flexibility index (Phi) is 2.86. The Morgan fingerprint density at radius 2 is 2.00 bits per heavy atom. The summed E-state index contributed by atoms with van der Waals surface area (Å²) in [5.41, 5.74) is 3.39. The van der Waals surface area contributed by atoms with Crippen molar-refractivity contribution in [1.29, 1.82) is 0 Å². The zero-order valence-corrected chi connectivity index (χ0v) is 11.5. The van der Waals surface area contributed by atoms with Crippen molar-refractivity contribution in [3.63, 3.8) is 0 Å². The van der Waals surface area contributed by atoms with Crippen LogP contribution in [0.2, 0.25) is 0 Å². The molecule has 3 aromatic rings. The fourth-order valence-electron chi connectivity index (χ4n) is 2.72. The number of para-hydroxylation sites is 1. The Morgan fingerprint density at radius 1 is 1.14 bits per heavy atom. The van der Waals surface area contributed by atoms with Crippen LogP contribution in [0.25, 0.3) is 22.3 Å². The predicted molar refractivity (Wildman–Crippen MR) is 81.1 cm³/mol. The van der Waals surface area contributed by atoms with Crippen LogP contribution in [0.1, 0.15) is 5.69 Å². The van der Waals surface area contributed by atoms with E-state index in [1.165, 1.54) is 5.69 Å². The van der Waals surface area contributed by atoms with E-state index in [-0.39, 0.29) is 5.75 Å². The topological polar surface area (TPSA) is 73.8 Å². The molecule has 5 nitrogen and oxygen atoms in total. The van der Waals surface area contributed by atoms with Crippen LogP contribution in [0, 0.1) is 5.92 Å². The molecule has 4 rings (SSSR count). The van der Waals surface area contributed by atoms with Crippen LogP contribution in [0.3, 0.4) is 0 Å². The summed E-state index contributed by atoms with van der Waals surface area (Å²) in [7, 11) is 0. The molecule has 1 aromatic carbocycles. The molecule has 106 valence electrons. The Hall–Kier alpha value is -2.40. The van der Waals surface area contributed by atoms with Crippen molar-refractivity contribution in [3.8, 4) is 17.0 Å². The number of phenols is 1. The lowest BCUT2D eigenvalue weighted by Crippen LogP contribution is -2.43. The summed E-state index contributed by atoms with van der Waals surface area (Å²) in [6.07, 6.45) is 1.04. The molecule has 3 N–H and O–H groups in total. The molecule has 0 unspecified atom stereocenters. The highest BCUT2D eigenvalue weighted by atomic mass is 16.3. The third-order valence-electron chi connectivity index (χ3n) is 3.99. The van der Waals surface area contributed by atoms with Gasteiger partial charge in [0.15, 0.2) is 5.65 Å². The molecule has 0 spiro atoms. The lowest BCUT2D eigenvalue weighted by atomic mass is 9.97. The summed E-state index contributed by atoms with van der Waals surface area (Å²) < 4.78 is 0. The SMILES string of the molecule is Oc1ccccc1-c1cc2cc(CC3CNC3)[nH]c2nn1. The van der Waals surface area contributed by atoms with Crippen LogP contribution in [0.5, 0.6) is 5.75 Å². The van der Waals surface area contributed by atoms with E-state index in [1.54, 1.807) is 12.1 Å². The Balaban J connectivity index is 1.70. The molecule has 0 aliphatic carbocycles. The lowest BCUT2D eigenvalue weighted by Gasteiger charge is -2.26. The van der Waals surface area contributed by atoms with Crippen molar-refractivity contribution in [2.24, 2.45) is 5.92 Å². The standard InChI is InChI=1S/C16H16N4O/c21-15-4-2-1-3-13(15)14-7-11-6-12(5-10-8-17-9-10)18-16(11)20-19-14/h1-4,6-7,10,17,21H,5,8-9H2,(H,18,20). The van der Waals surface area contributed by atoms with E-state index in [0.29, 0.717) is 17.2 Å². The van der Waals surface area contributed by atoms with Crippen LogP contribution in [0.4, 0.5) is 0 Å². The van der Waals surface area contributed by atoms with Crippen LogP contribution in [-0.2, 0) is 6.42 Å². The smallest absolute Gasteiger partial charge is 0.160 e. The third-order valence-corrected chi connectivity index (χ3v) is 3.99. The Bertz CT molecular complexity index is 792. The fraction of sp³-hybridized carbons (Fsp3) is 0.250. The number of rotatable bonds is 3. The fourth-order valence-corrected chi connectivity index (χ4v) is 2.72. The van der Waals surface area contributed by atoms with Crippen molar-refractivity contribution in [1.82, 2.24) is 20.5 Å². The van der Waals surface area contributed by atoms with Gasteiger partial charge in [-0.15, -0.1) is 10.2 Å². The summed E-state index contributed by atoms with van der Waals surface area (Å²) >= 11 is 0. The lowest BCUT2D eigenvalue weighted by molar-refractivity contribution is 0.344. The molecule has 1 aliphatic heterocycles. The van der Waals surface area contributed by atoms with E-state index in [1.807, 2.05) is 18.2 Å². The number of benzene rings is 1. The predicted octanol–water partition coefficient (Wildman–Crippen LogP) is 2.09. The highest BCUT2D eigenvalue weighted by Gasteiger charge is 2.18. The monoisotopic (exact) mass is 280 g/mol. The zero-order valence-electron chi connectivity index (χ0n) is 11.5. The third kappa shape index (κ3) is 2.25. The number of nitrogens with zero attached hydrogens (tertiary/aromatic N) is 2. The second kappa shape index (κ2) is 4.86. The van der Waals surface area contributed by atoms with Gasteiger partial charge in [-0.3, -0.25) is 0 Å². The molecule has 0 radical (unpaired) electrons. The minimum atomic E-state index is 0.224. The largest absolute Gasteiger partial charge is 0.507 e. The molecule has 2 aromatic heterocycles. The molecular formula is C16H16N4O. The molecule has 1 aliphatic rings. The summed E-state index contributed by atoms with van der Waals surface area (Å²) in [4.78, 5) is 3.32. The average Bonchev–Trinajstić information content (AvgIpc) is 2.85. The highest BCUT2D eigenvalue weighted by molar-refractivity contribution is 5.81. The molecule has 0 saturated carbocycles. The number of H-pyrrole nitrogens is 1. The van der Waals surface area contributed by atoms with Gasteiger partial charge in [0.2, 0.25) is 0 Å². The van der Waals surface area contributed by atoms with E-state index in [0.717, 1.165) is 30.5 Å². The highest BCUT2D eigenvalue weighted by Crippen LogP contribution is 2.28. The second-order valence-corrected chi connectivity index (χ2v) is 5.57. The molecule has 1 saturated heterocycles. The number of aromatic hydroxyl groups is 1. The quantitative estimate of drug-likeness (QED) is 0.687. The normalized spacial score (nSPS) is 15.2. The van der Waals surface area contributed by atoms with Gasteiger partial charge in [0.1, 0.15) is 5.75 Å². The van der Waals surface area contributed by atoms with Crippen LogP contribution in [-0.4, -0.2) is 33.4 Å². The van der Waals surface area contributed by atoms with Crippen molar-refractivity contribution >= 4 is 11.0 Å². The van der Waals surface area contributed by atoms with E-state index in [9.17, 15) is 5.11 Å². The van der Waals surface area contributed by atoms with E-state index in [2.05, 4.69) is 26.6 Å². The van der Waals surface area contributed by atoms with E-state index in [4.69, 9.17) is 0 Å². The van der Waals surface area contributed by atoms with Crippen molar-refractivity contribution < 1.29 is 5.11 Å². The number of fused-ring (bicyclic) bond motifs is 1. The summed E-state index contributed by atoms with van der Waals surface area (Å²) in [5, 5.41) is 22.7. The van der Waals surface area contributed by atoms with Crippen LogP contribution >= 0.6 is 0 Å². The van der Waals surface area contributed by atoms with Gasteiger partial charge in [-0.25, -0.2) is 0 Å². The Labute approximate surface area is 122 Å². The molecule has 1 fully saturated rings. The summed E-state index contributed by atoms with van der Waals surface area (Å²) in [6.45, 7) is 2.17. The van der Waals surface area contributed by atoms with Crippen molar-refractivity contribution in [3.05, 3.63) is 42.1 Å². The number of hydrogen-bond acceptors (Lipinski definition) is 4. The van der Waals surface area contributed by atoms with Crippen LogP contribution in [0.15, 0.2) is 36.4 Å². The average molecular weight is 280 g/mol. The maximum Gasteiger partial charge on any atom is 0.160 e. The van der Waals surface area contributed by atoms with Gasteiger partial charge in [-0.2, -0.15) is 0 Å². The van der Waals surface area contributed by atoms with Crippen molar-refractivity contribution in [2.45, 2.75) is 6.42 Å². The first-order valence-corrected chi connectivity index (χ1v) is 7.14. The van der Waals surface area contributed by atoms with E-state index < -0.39 is 0 Å². The number of phenolic OH excluding ortho intramolecular Hbond substituents is 1. The van der Waals surface area contributed by atoms with Crippen LogP contribution < -0.4 is 5.32 Å². The van der Waals surface area contributed by atoms with Gasteiger partial charge in [-0.05, 0) is 49.7 Å². The number of hydrogen-bond donors (Lipinski definition) is 3. The molecule has 0 bridgehead atoms. The van der Waals surface area contributed by atoms with Gasteiger partial charge in [0.25, 0.3) is 0 Å². The second-order valence-electron chi connectivity index (χ2n) is 5.57. The molecule has 0 atom stereocenters.